The fraction of sp³-hybridized carbons (Fsp3) is 0.593. The molecule has 7 N–H and O–H groups in total. The topological polar surface area (TPSA) is 180 Å². The van der Waals surface area contributed by atoms with Crippen molar-refractivity contribution in [1.82, 2.24) is 21.3 Å². The molecule has 4 amide bonds. The summed E-state index contributed by atoms with van der Waals surface area (Å²) in [6.07, 6.45) is 4.72. The molecule has 1 aromatic carbocycles. The van der Waals surface area contributed by atoms with Gasteiger partial charge >= 0.3 is 5.97 Å². The lowest BCUT2D eigenvalue weighted by Crippen LogP contribution is -2.57. The molecular formula is C27H43N5O6S. The van der Waals surface area contributed by atoms with Crippen molar-refractivity contribution in [2.24, 2.45) is 11.7 Å². The molecule has 4 atom stereocenters. The van der Waals surface area contributed by atoms with Crippen LogP contribution in [-0.2, 0) is 30.4 Å². The predicted molar refractivity (Wildman–Crippen MR) is 152 cm³/mol. The molecule has 11 nitrogen and oxygen atoms in total. The van der Waals surface area contributed by atoms with E-state index >= 15 is 0 Å². The zero-order chi connectivity index (χ0) is 29.2. The smallest absolute Gasteiger partial charge is 0.320 e. The summed E-state index contributed by atoms with van der Waals surface area (Å²) >= 11 is 1.54. The van der Waals surface area contributed by atoms with Gasteiger partial charge in [-0.25, -0.2) is 0 Å². The van der Waals surface area contributed by atoms with E-state index < -0.39 is 42.0 Å². The maximum atomic E-state index is 13.4. The van der Waals surface area contributed by atoms with Crippen molar-refractivity contribution in [2.75, 3.05) is 18.6 Å². The summed E-state index contributed by atoms with van der Waals surface area (Å²) < 4.78 is 0. The van der Waals surface area contributed by atoms with Gasteiger partial charge in [-0.2, -0.15) is 11.8 Å². The molecule has 0 unspecified atom stereocenters. The van der Waals surface area contributed by atoms with E-state index in [1.54, 1.807) is 11.8 Å². The normalized spacial score (nSPS) is 14.0. The SMILES string of the molecule is CSCC[C@H](NC=O)C(=O)N[C@@H](CC(C)C)C(=O)N[C@@H](Cc1ccccc1)C(=O)NCCCC[C@H](N)C(=O)O. The largest absolute Gasteiger partial charge is 0.480 e. The molecule has 0 aromatic heterocycles. The first-order chi connectivity index (χ1) is 18.6. The number of carboxylic acids is 1. The van der Waals surface area contributed by atoms with E-state index in [9.17, 15) is 24.0 Å². The fourth-order valence-corrected chi connectivity index (χ4v) is 4.33. The molecule has 0 heterocycles. The Bertz CT molecular complexity index is 917. The highest BCUT2D eigenvalue weighted by atomic mass is 32.2. The zero-order valence-corrected chi connectivity index (χ0v) is 23.8. The lowest BCUT2D eigenvalue weighted by molar-refractivity contribution is -0.138. The molecule has 39 heavy (non-hydrogen) atoms. The number of nitrogens with one attached hydrogen (secondary N) is 4. The van der Waals surface area contributed by atoms with Gasteiger partial charge in [-0.3, -0.25) is 24.0 Å². The first kappa shape index (κ1) is 33.9. The molecule has 0 spiro atoms. The standard InChI is InChI=1S/C27H43N5O6S/c1-18(2)15-22(31-25(35)21(30-17-33)12-14-39-3)26(36)32-23(16-19-9-5-4-6-10-19)24(34)29-13-8-7-11-20(28)27(37)38/h4-6,9-10,17-18,20-23H,7-8,11-16,28H2,1-3H3,(H,29,34)(H,30,33)(H,31,35)(H,32,36)(H,37,38)/t20-,21-,22-,23-/m0/s1. The molecule has 0 aliphatic rings. The summed E-state index contributed by atoms with van der Waals surface area (Å²) in [5.41, 5.74) is 6.37. The van der Waals surface area contributed by atoms with Gasteiger partial charge in [0, 0.05) is 13.0 Å². The van der Waals surface area contributed by atoms with Gasteiger partial charge in [0.25, 0.3) is 0 Å². The van der Waals surface area contributed by atoms with Crippen molar-refractivity contribution in [3.63, 3.8) is 0 Å². The third-order valence-corrected chi connectivity index (χ3v) is 6.65. The Balaban J connectivity index is 2.93. The van der Waals surface area contributed by atoms with Gasteiger partial charge in [-0.05, 0) is 55.6 Å². The molecule has 0 fully saturated rings. The van der Waals surface area contributed by atoms with Crippen molar-refractivity contribution in [3.8, 4) is 0 Å². The van der Waals surface area contributed by atoms with Crippen LogP contribution < -0.4 is 27.0 Å². The Labute approximate surface area is 234 Å². The highest BCUT2D eigenvalue weighted by molar-refractivity contribution is 7.98. The number of nitrogens with two attached hydrogens (primary N) is 1. The minimum Gasteiger partial charge on any atom is -0.480 e. The lowest BCUT2D eigenvalue weighted by atomic mass is 10.0. The molecule has 0 saturated heterocycles. The van der Waals surface area contributed by atoms with E-state index in [1.807, 2.05) is 50.4 Å². The van der Waals surface area contributed by atoms with E-state index in [2.05, 4.69) is 21.3 Å². The van der Waals surface area contributed by atoms with E-state index in [0.29, 0.717) is 50.8 Å². The van der Waals surface area contributed by atoms with Crippen LogP contribution in [0.1, 0.15) is 51.5 Å². The molecule has 0 bridgehead atoms. The summed E-state index contributed by atoms with van der Waals surface area (Å²) in [6, 6.07) is 5.75. The van der Waals surface area contributed by atoms with Crippen molar-refractivity contribution < 1.29 is 29.1 Å². The zero-order valence-electron chi connectivity index (χ0n) is 23.0. The summed E-state index contributed by atoms with van der Waals surface area (Å²) in [7, 11) is 0. The van der Waals surface area contributed by atoms with Crippen LogP contribution in [0, 0.1) is 5.92 Å². The number of carbonyl (C=O) groups is 5. The second-order valence-corrected chi connectivity index (χ2v) is 10.8. The fourth-order valence-electron chi connectivity index (χ4n) is 3.86. The van der Waals surface area contributed by atoms with E-state index in [-0.39, 0.29) is 18.2 Å². The predicted octanol–water partition coefficient (Wildman–Crippen LogP) is 0.811. The van der Waals surface area contributed by atoms with Gasteiger partial charge in [0.2, 0.25) is 24.1 Å². The van der Waals surface area contributed by atoms with Gasteiger partial charge in [0.1, 0.15) is 24.2 Å². The first-order valence-corrected chi connectivity index (χ1v) is 14.6. The number of hydrogen-bond acceptors (Lipinski definition) is 7. The number of hydrogen-bond donors (Lipinski definition) is 6. The average Bonchev–Trinajstić information content (AvgIpc) is 2.89. The summed E-state index contributed by atoms with van der Waals surface area (Å²) in [4.78, 5) is 61.2. The van der Waals surface area contributed by atoms with Gasteiger partial charge in [-0.15, -0.1) is 0 Å². The Morgan fingerprint density at radius 1 is 0.949 bits per heavy atom. The van der Waals surface area contributed by atoms with Gasteiger partial charge < -0.3 is 32.1 Å². The van der Waals surface area contributed by atoms with Crippen molar-refractivity contribution in [1.29, 1.82) is 0 Å². The van der Waals surface area contributed by atoms with E-state index in [1.165, 1.54) is 0 Å². The van der Waals surface area contributed by atoms with Crippen LogP contribution in [0.5, 0.6) is 0 Å². The molecule has 218 valence electrons. The molecular weight excluding hydrogens is 522 g/mol. The second-order valence-electron chi connectivity index (χ2n) is 9.79. The molecule has 1 rings (SSSR count). The number of unbranched alkanes of at least 4 members (excludes halogenated alkanes) is 1. The minimum absolute atomic E-state index is 0.0725. The number of aliphatic carboxylic acids is 1. The summed E-state index contributed by atoms with van der Waals surface area (Å²) in [5.74, 6) is -1.67. The van der Waals surface area contributed by atoms with Gasteiger partial charge in [0.15, 0.2) is 0 Å². The van der Waals surface area contributed by atoms with Crippen LogP contribution >= 0.6 is 11.8 Å². The van der Waals surface area contributed by atoms with Crippen LogP contribution in [0.15, 0.2) is 30.3 Å². The highest BCUT2D eigenvalue weighted by Gasteiger charge is 2.29. The number of amides is 4. The number of thioether (sulfide) groups is 1. The Kier molecular flexibility index (Phi) is 16.5. The van der Waals surface area contributed by atoms with Crippen LogP contribution in [0.25, 0.3) is 0 Å². The maximum Gasteiger partial charge on any atom is 0.320 e. The molecule has 1 aromatic rings. The third kappa shape index (κ3) is 14.0. The Morgan fingerprint density at radius 3 is 2.18 bits per heavy atom. The number of carboxylic acid groups (broad SMARTS) is 1. The maximum absolute atomic E-state index is 13.4. The van der Waals surface area contributed by atoms with Crippen LogP contribution in [-0.4, -0.2) is 77.9 Å². The highest BCUT2D eigenvalue weighted by Crippen LogP contribution is 2.10. The molecule has 12 heteroatoms. The molecule has 0 aliphatic heterocycles. The first-order valence-electron chi connectivity index (χ1n) is 13.2. The Morgan fingerprint density at radius 2 is 1.59 bits per heavy atom. The third-order valence-electron chi connectivity index (χ3n) is 6.01. The second kappa shape index (κ2) is 19.0. The van der Waals surface area contributed by atoms with Crippen LogP contribution in [0.2, 0.25) is 0 Å². The minimum atomic E-state index is -1.06. The number of rotatable bonds is 20. The molecule has 0 saturated carbocycles. The number of benzene rings is 1. The van der Waals surface area contributed by atoms with Crippen LogP contribution in [0.3, 0.4) is 0 Å². The van der Waals surface area contributed by atoms with Gasteiger partial charge in [0.05, 0.1) is 0 Å². The van der Waals surface area contributed by atoms with Crippen molar-refractivity contribution >= 4 is 41.9 Å². The summed E-state index contributed by atoms with van der Waals surface area (Å²) in [6.45, 7) is 4.14. The summed E-state index contributed by atoms with van der Waals surface area (Å²) in [5, 5.41) is 19.8. The molecule has 0 radical (unpaired) electrons. The quantitative estimate of drug-likeness (QED) is 0.0992. The number of carbonyl (C=O) groups excluding carboxylic acids is 4. The lowest BCUT2D eigenvalue weighted by Gasteiger charge is -2.26. The van der Waals surface area contributed by atoms with Gasteiger partial charge in [-0.1, -0.05) is 44.2 Å². The average molecular weight is 566 g/mol. The van der Waals surface area contributed by atoms with Crippen LogP contribution in [0.4, 0.5) is 0 Å². The van der Waals surface area contributed by atoms with E-state index in [0.717, 1.165) is 5.56 Å². The van der Waals surface area contributed by atoms with E-state index in [4.69, 9.17) is 10.8 Å². The van der Waals surface area contributed by atoms with Crippen molar-refractivity contribution in [2.45, 2.75) is 76.5 Å². The Hall–Kier alpha value is -3.12. The van der Waals surface area contributed by atoms with Crippen molar-refractivity contribution in [3.05, 3.63) is 35.9 Å². The monoisotopic (exact) mass is 565 g/mol. The molecule has 0 aliphatic carbocycles.